The number of halogens is 1. The maximum atomic E-state index is 2.52. The molecular formula is C7H12IN. The van der Waals surface area contributed by atoms with Gasteiger partial charge in [-0.1, -0.05) is 22.6 Å². The molecule has 1 heterocycles. The minimum absolute atomic E-state index is 1.09. The van der Waals surface area contributed by atoms with Crippen LogP contribution in [0.1, 0.15) is 0 Å². The number of fused-ring (bicyclic) bond motifs is 1. The molecule has 2 atom stereocenters. The summed E-state index contributed by atoms with van der Waals surface area (Å²) in [4.78, 5) is 2.46. The quantitative estimate of drug-likeness (QED) is 0.489. The molecule has 0 aromatic carbocycles. The molecule has 1 saturated heterocycles. The van der Waals surface area contributed by atoms with Crippen molar-refractivity contribution in [1.82, 2.24) is 4.90 Å². The van der Waals surface area contributed by atoms with E-state index in [0.29, 0.717) is 0 Å². The highest BCUT2D eigenvalue weighted by atomic mass is 127. The van der Waals surface area contributed by atoms with Crippen LogP contribution in [0.2, 0.25) is 0 Å². The summed E-state index contributed by atoms with van der Waals surface area (Å²) in [5.41, 5.74) is 0. The number of rotatable bonds is 1. The van der Waals surface area contributed by atoms with E-state index in [4.69, 9.17) is 0 Å². The third kappa shape index (κ3) is 0.909. The molecule has 0 spiro atoms. The first-order valence-electron chi connectivity index (χ1n) is 3.57. The van der Waals surface area contributed by atoms with Crippen LogP contribution in [0.25, 0.3) is 0 Å². The number of nitrogens with zero attached hydrogens (tertiary/aromatic N) is 1. The Balaban J connectivity index is 1.91. The van der Waals surface area contributed by atoms with E-state index in [1.165, 1.54) is 17.5 Å². The molecule has 0 bridgehead atoms. The van der Waals surface area contributed by atoms with E-state index in [1.54, 1.807) is 0 Å². The first kappa shape index (κ1) is 6.40. The maximum absolute atomic E-state index is 2.52. The standard InChI is InChI=1S/C7H12IN/c1-9-3-6-5(2-8)7(6)4-9/h5-7H,2-4H2,1H3. The summed E-state index contributed by atoms with van der Waals surface area (Å²) in [5.74, 6) is 3.28. The van der Waals surface area contributed by atoms with Gasteiger partial charge in [-0.3, -0.25) is 0 Å². The second kappa shape index (κ2) is 2.09. The third-order valence-electron chi connectivity index (χ3n) is 2.73. The minimum Gasteiger partial charge on any atom is -0.306 e. The molecule has 2 rings (SSSR count). The first-order valence-corrected chi connectivity index (χ1v) is 5.10. The number of hydrogen-bond donors (Lipinski definition) is 0. The lowest BCUT2D eigenvalue weighted by Crippen LogP contribution is -2.19. The van der Waals surface area contributed by atoms with Crippen molar-refractivity contribution in [3.8, 4) is 0 Å². The number of piperidine rings is 1. The van der Waals surface area contributed by atoms with Crippen LogP contribution in [0.3, 0.4) is 0 Å². The van der Waals surface area contributed by atoms with Crippen LogP contribution in [-0.2, 0) is 0 Å². The monoisotopic (exact) mass is 237 g/mol. The lowest BCUT2D eigenvalue weighted by Gasteiger charge is -2.10. The smallest absolute Gasteiger partial charge is 0.00301 e. The normalized spacial score (nSPS) is 49.3. The van der Waals surface area contributed by atoms with E-state index in [2.05, 4.69) is 34.5 Å². The fourth-order valence-electron chi connectivity index (χ4n) is 2.09. The van der Waals surface area contributed by atoms with E-state index in [0.717, 1.165) is 17.8 Å². The average molecular weight is 237 g/mol. The molecule has 9 heavy (non-hydrogen) atoms. The lowest BCUT2D eigenvalue weighted by atomic mass is 10.3. The van der Waals surface area contributed by atoms with Crippen molar-refractivity contribution >= 4 is 22.6 Å². The van der Waals surface area contributed by atoms with Crippen molar-refractivity contribution < 1.29 is 0 Å². The van der Waals surface area contributed by atoms with Crippen LogP contribution in [-0.4, -0.2) is 29.5 Å². The molecular weight excluding hydrogens is 225 g/mol. The Labute approximate surface area is 69.9 Å². The molecule has 2 fully saturated rings. The van der Waals surface area contributed by atoms with Crippen LogP contribution in [0.15, 0.2) is 0 Å². The number of alkyl halides is 1. The largest absolute Gasteiger partial charge is 0.306 e. The second-order valence-corrected chi connectivity index (χ2v) is 4.25. The van der Waals surface area contributed by atoms with E-state index >= 15 is 0 Å². The molecule has 0 radical (unpaired) electrons. The highest BCUT2D eigenvalue weighted by molar-refractivity contribution is 14.1. The molecule has 0 aromatic heterocycles. The van der Waals surface area contributed by atoms with Gasteiger partial charge in [-0.25, -0.2) is 0 Å². The van der Waals surface area contributed by atoms with Crippen molar-refractivity contribution in [3.05, 3.63) is 0 Å². The van der Waals surface area contributed by atoms with Gasteiger partial charge in [0.15, 0.2) is 0 Å². The van der Waals surface area contributed by atoms with Crippen molar-refractivity contribution in [2.45, 2.75) is 0 Å². The van der Waals surface area contributed by atoms with Crippen LogP contribution in [0.4, 0.5) is 0 Å². The van der Waals surface area contributed by atoms with Crippen LogP contribution < -0.4 is 0 Å². The third-order valence-corrected chi connectivity index (χ3v) is 3.75. The maximum Gasteiger partial charge on any atom is 0.00301 e. The summed E-state index contributed by atoms with van der Waals surface area (Å²) >= 11 is 2.52. The van der Waals surface area contributed by atoms with Gasteiger partial charge in [-0.05, 0) is 24.8 Å². The van der Waals surface area contributed by atoms with Crippen LogP contribution >= 0.6 is 22.6 Å². The molecule has 0 amide bonds. The van der Waals surface area contributed by atoms with Crippen LogP contribution in [0, 0.1) is 17.8 Å². The van der Waals surface area contributed by atoms with E-state index in [9.17, 15) is 0 Å². The summed E-state index contributed by atoms with van der Waals surface area (Å²) in [5, 5.41) is 0. The molecule has 2 heteroatoms. The van der Waals surface area contributed by atoms with Gasteiger partial charge in [0.25, 0.3) is 0 Å². The fourth-order valence-corrected chi connectivity index (χ4v) is 3.40. The number of hydrogen-bond acceptors (Lipinski definition) is 1. The Kier molecular flexibility index (Phi) is 1.49. The first-order chi connectivity index (χ1) is 4.33. The summed E-state index contributed by atoms with van der Waals surface area (Å²) in [7, 11) is 2.23. The zero-order chi connectivity index (χ0) is 6.43. The molecule has 1 nitrogen and oxygen atoms in total. The van der Waals surface area contributed by atoms with Crippen molar-refractivity contribution in [1.29, 1.82) is 0 Å². The minimum atomic E-state index is 1.09. The average Bonchev–Trinajstić information content (AvgIpc) is 2.30. The molecule has 2 unspecified atom stereocenters. The summed E-state index contributed by atoms with van der Waals surface area (Å²) < 4.78 is 1.39. The SMILES string of the molecule is CN1CC2C(CI)C2C1. The molecule has 1 aliphatic heterocycles. The van der Waals surface area contributed by atoms with E-state index in [-0.39, 0.29) is 0 Å². The van der Waals surface area contributed by atoms with Gasteiger partial charge in [0.1, 0.15) is 0 Å². The molecule has 0 N–H and O–H groups in total. The highest BCUT2D eigenvalue weighted by Gasteiger charge is 2.53. The van der Waals surface area contributed by atoms with Crippen molar-refractivity contribution in [2.24, 2.45) is 17.8 Å². The summed E-state index contributed by atoms with van der Waals surface area (Å²) in [6, 6.07) is 0. The van der Waals surface area contributed by atoms with Crippen molar-refractivity contribution in [2.75, 3.05) is 24.6 Å². The summed E-state index contributed by atoms with van der Waals surface area (Å²) in [6.07, 6.45) is 0. The summed E-state index contributed by atoms with van der Waals surface area (Å²) in [6.45, 7) is 2.75. The Bertz CT molecular complexity index is 114. The Morgan fingerprint density at radius 3 is 2.44 bits per heavy atom. The zero-order valence-electron chi connectivity index (χ0n) is 5.68. The molecule has 1 saturated carbocycles. The lowest BCUT2D eigenvalue weighted by molar-refractivity contribution is 0.352. The molecule has 1 aliphatic carbocycles. The number of likely N-dealkylation sites (tertiary alicyclic amines) is 1. The van der Waals surface area contributed by atoms with Gasteiger partial charge >= 0.3 is 0 Å². The van der Waals surface area contributed by atoms with Gasteiger partial charge in [0.05, 0.1) is 0 Å². The van der Waals surface area contributed by atoms with Gasteiger partial charge in [-0.2, -0.15) is 0 Å². The fraction of sp³-hybridized carbons (Fsp3) is 1.00. The van der Waals surface area contributed by atoms with E-state index < -0.39 is 0 Å². The molecule has 2 aliphatic rings. The van der Waals surface area contributed by atoms with Gasteiger partial charge in [0.2, 0.25) is 0 Å². The van der Waals surface area contributed by atoms with E-state index in [1.807, 2.05) is 0 Å². The van der Waals surface area contributed by atoms with Crippen molar-refractivity contribution in [3.63, 3.8) is 0 Å². The molecule has 52 valence electrons. The Morgan fingerprint density at radius 1 is 1.44 bits per heavy atom. The predicted molar refractivity (Wildman–Crippen MR) is 46.9 cm³/mol. The van der Waals surface area contributed by atoms with Gasteiger partial charge < -0.3 is 4.90 Å². The predicted octanol–water partition coefficient (Wildman–Crippen LogP) is 1.23. The molecule has 0 aromatic rings. The van der Waals surface area contributed by atoms with Gasteiger partial charge in [-0.15, -0.1) is 0 Å². The second-order valence-electron chi connectivity index (χ2n) is 3.37. The Morgan fingerprint density at radius 2 is 2.00 bits per heavy atom. The topological polar surface area (TPSA) is 3.24 Å². The zero-order valence-corrected chi connectivity index (χ0v) is 7.84. The Hall–Kier alpha value is 0.690. The van der Waals surface area contributed by atoms with Crippen LogP contribution in [0.5, 0.6) is 0 Å². The van der Waals surface area contributed by atoms with Gasteiger partial charge in [0, 0.05) is 17.5 Å². The highest BCUT2D eigenvalue weighted by Crippen LogP contribution is 2.51.